The van der Waals surface area contributed by atoms with E-state index >= 15 is 0 Å². The van der Waals surface area contributed by atoms with Crippen LogP contribution in [0.15, 0.2) is 49.0 Å². The second kappa shape index (κ2) is 10.4. The van der Waals surface area contributed by atoms with Gasteiger partial charge in [-0.3, -0.25) is 14.4 Å². The number of carboxylic acid groups (broad SMARTS) is 1. The van der Waals surface area contributed by atoms with Crippen LogP contribution in [0, 0.1) is 5.92 Å². The number of rotatable bonds is 8. The second-order valence-corrected chi connectivity index (χ2v) is 10.3. The van der Waals surface area contributed by atoms with E-state index in [9.17, 15) is 32.7 Å². The summed E-state index contributed by atoms with van der Waals surface area (Å²) in [6, 6.07) is 9.99. The van der Waals surface area contributed by atoms with Crippen LogP contribution >= 0.6 is 0 Å². The zero-order valence-corrected chi connectivity index (χ0v) is 21.2. The molecule has 2 aromatic carbocycles. The molecule has 2 saturated carbocycles. The predicted molar refractivity (Wildman–Crippen MR) is 137 cm³/mol. The van der Waals surface area contributed by atoms with Gasteiger partial charge < -0.3 is 19.6 Å². The number of carbonyl (C=O) groups is 3. The average molecular weight is 543 g/mol. The van der Waals surface area contributed by atoms with Gasteiger partial charge in [-0.25, -0.2) is 0 Å². The van der Waals surface area contributed by atoms with Crippen molar-refractivity contribution >= 4 is 29.5 Å². The van der Waals surface area contributed by atoms with Crippen molar-refractivity contribution in [3.8, 4) is 5.75 Å². The van der Waals surface area contributed by atoms with Crippen molar-refractivity contribution in [2.45, 2.75) is 69.4 Å². The van der Waals surface area contributed by atoms with Gasteiger partial charge in [0.2, 0.25) is 5.91 Å². The maximum absolute atomic E-state index is 13.9. The van der Waals surface area contributed by atoms with Gasteiger partial charge in [-0.1, -0.05) is 25.1 Å². The minimum absolute atomic E-state index is 0.0289. The van der Waals surface area contributed by atoms with Crippen molar-refractivity contribution in [2.75, 3.05) is 4.90 Å². The lowest BCUT2D eigenvalue weighted by molar-refractivity contribution is -0.274. The van der Waals surface area contributed by atoms with E-state index in [4.69, 9.17) is 0 Å². The number of halogens is 3. The number of hydrogen-bond donors (Lipinski definition) is 1. The lowest BCUT2D eigenvalue weighted by Gasteiger charge is -2.48. The van der Waals surface area contributed by atoms with Crippen molar-refractivity contribution in [2.24, 2.45) is 5.92 Å². The molecule has 2 aromatic rings. The summed E-state index contributed by atoms with van der Waals surface area (Å²) in [7, 11) is 0. The fourth-order valence-corrected chi connectivity index (χ4v) is 6.06. The van der Waals surface area contributed by atoms with Crippen LogP contribution in [0.25, 0.3) is 6.08 Å². The monoisotopic (exact) mass is 542 g/mol. The van der Waals surface area contributed by atoms with Crippen LogP contribution in [0.2, 0.25) is 0 Å². The van der Waals surface area contributed by atoms with Crippen LogP contribution in [0.1, 0.15) is 72.5 Å². The van der Waals surface area contributed by atoms with Crippen LogP contribution in [-0.2, 0) is 9.59 Å². The van der Waals surface area contributed by atoms with Crippen molar-refractivity contribution in [1.29, 1.82) is 0 Å². The fourth-order valence-electron chi connectivity index (χ4n) is 6.06. The molecule has 206 valence electrons. The van der Waals surface area contributed by atoms with Gasteiger partial charge in [0.25, 0.3) is 5.91 Å². The highest BCUT2D eigenvalue weighted by Crippen LogP contribution is 2.53. The summed E-state index contributed by atoms with van der Waals surface area (Å²) in [4.78, 5) is 42.1. The number of carbonyl (C=O) groups excluding carboxylic acids is 2. The first kappa shape index (κ1) is 26.8. The molecule has 3 aliphatic rings. The Labute approximate surface area is 223 Å². The average Bonchev–Trinajstić information content (AvgIpc) is 3.61. The first-order chi connectivity index (χ1) is 18.6. The van der Waals surface area contributed by atoms with E-state index < -0.39 is 18.1 Å². The van der Waals surface area contributed by atoms with Gasteiger partial charge in [0.05, 0.1) is 12.5 Å². The van der Waals surface area contributed by atoms with E-state index in [2.05, 4.69) is 11.3 Å². The van der Waals surface area contributed by atoms with Gasteiger partial charge in [-0.05, 0) is 73.2 Å². The summed E-state index contributed by atoms with van der Waals surface area (Å²) in [5, 5.41) is 9.17. The van der Waals surface area contributed by atoms with Gasteiger partial charge in [0, 0.05) is 35.7 Å². The minimum Gasteiger partial charge on any atom is -0.481 e. The lowest BCUT2D eigenvalue weighted by Crippen LogP contribution is -2.53. The molecule has 7 nitrogen and oxygen atoms in total. The number of amides is 2. The van der Waals surface area contributed by atoms with E-state index in [0.29, 0.717) is 12.1 Å². The van der Waals surface area contributed by atoms with Gasteiger partial charge in [0.1, 0.15) is 5.75 Å². The van der Waals surface area contributed by atoms with Gasteiger partial charge >= 0.3 is 12.3 Å². The Morgan fingerprint density at radius 2 is 1.77 bits per heavy atom. The molecule has 39 heavy (non-hydrogen) atoms. The normalized spacial score (nSPS) is 22.0. The van der Waals surface area contributed by atoms with Gasteiger partial charge in [0.15, 0.2) is 0 Å². The number of fused-ring (bicyclic) bond motifs is 2. The standard InChI is InChI=1S/C29H29F3N2O5/c1-2-17-6-13-24-22(16-17)27(33(19-9-10-19)25(35)14-15-26(36)37)21-4-3-5-23(21)34(24)28(38)18-7-11-20(12-8-18)39-29(30,31)32/h2,6-8,11-13,16,19,21,23,27H,1,3-5,9-10,14-15H2,(H,36,37)/t21-,23+,27+/m0/s1. The number of benzene rings is 2. The summed E-state index contributed by atoms with van der Waals surface area (Å²) in [5.74, 6) is -2.05. The molecule has 0 spiro atoms. The molecule has 0 radical (unpaired) electrons. The molecule has 0 unspecified atom stereocenters. The Balaban J connectivity index is 1.54. The quantitative estimate of drug-likeness (QED) is 0.445. The van der Waals surface area contributed by atoms with Gasteiger partial charge in [-0.15, -0.1) is 13.2 Å². The summed E-state index contributed by atoms with van der Waals surface area (Å²) < 4.78 is 41.8. The number of nitrogens with zero attached hydrogens (tertiary/aromatic N) is 2. The SMILES string of the molecule is C=Cc1ccc2c(c1)[C@H](N(C(=O)CCC(=O)O)C1CC1)[C@H]1CCC[C@H]1N2C(=O)c1ccc(OC(F)(F)F)cc1. The highest BCUT2D eigenvalue weighted by atomic mass is 19.4. The fraction of sp³-hybridized carbons (Fsp3) is 0.414. The molecule has 2 fully saturated rings. The number of anilines is 1. The largest absolute Gasteiger partial charge is 0.573 e. The van der Waals surface area contributed by atoms with Crippen LogP contribution in [0.4, 0.5) is 18.9 Å². The van der Waals surface area contributed by atoms with Crippen LogP contribution < -0.4 is 9.64 Å². The predicted octanol–water partition coefficient (Wildman–Crippen LogP) is 5.95. The molecule has 2 amide bonds. The van der Waals surface area contributed by atoms with E-state index in [1.807, 2.05) is 23.1 Å². The maximum Gasteiger partial charge on any atom is 0.573 e. The number of hydrogen-bond acceptors (Lipinski definition) is 4. The molecule has 1 N–H and O–H groups in total. The third-order valence-electron chi connectivity index (χ3n) is 7.77. The van der Waals surface area contributed by atoms with E-state index in [0.717, 1.165) is 48.9 Å². The molecule has 2 aliphatic carbocycles. The zero-order chi connectivity index (χ0) is 27.9. The first-order valence-electron chi connectivity index (χ1n) is 13.1. The number of alkyl halides is 3. The smallest absolute Gasteiger partial charge is 0.481 e. The molecular formula is C29H29F3N2O5. The Morgan fingerprint density at radius 3 is 2.38 bits per heavy atom. The molecular weight excluding hydrogens is 513 g/mol. The molecule has 0 saturated heterocycles. The Bertz CT molecular complexity index is 1290. The number of aliphatic carboxylic acids is 1. The molecule has 10 heteroatoms. The molecule has 0 bridgehead atoms. The molecule has 1 aliphatic heterocycles. The van der Waals surface area contributed by atoms with Crippen molar-refractivity contribution in [3.05, 3.63) is 65.7 Å². The maximum atomic E-state index is 13.9. The summed E-state index contributed by atoms with van der Waals surface area (Å²) in [6.07, 6.45) is 0.553. The minimum atomic E-state index is -4.83. The number of carboxylic acids is 1. The zero-order valence-electron chi connectivity index (χ0n) is 21.2. The summed E-state index contributed by atoms with van der Waals surface area (Å²) in [6.45, 7) is 3.86. The first-order valence-corrected chi connectivity index (χ1v) is 13.1. The van der Waals surface area contributed by atoms with Crippen LogP contribution in [-0.4, -0.2) is 46.2 Å². The molecule has 0 aromatic heterocycles. The third-order valence-corrected chi connectivity index (χ3v) is 7.77. The second-order valence-electron chi connectivity index (χ2n) is 10.3. The van der Waals surface area contributed by atoms with Crippen molar-refractivity contribution < 1.29 is 37.4 Å². The van der Waals surface area contributed by atoms with Crippen molar-refractivity contribution in [1.82, 2.24) is 4.90 Å². The Morgan fingerprint density at radius 1 is 1.05 bits per heavy atom. The Kier molecular flexibility index (Phi) is 7.13. The molecule has 5 rings (SSSR count). The van der Waals surface area contributed by atoms with Crippen molar-refractivity contribution in [3.63, 3.8) is 0 Å². The van der Waals surface area contributed by atoms with E-state index in [1.54, 1.807) is 11.0 Å². The molecule has 1 heterocycles. The summed E-state index contributed by atoms with van der Waals surface area (Å²) >= 11 is 0. The third kappa shape index (κ3) is 5.51. The van der Waals surface area contributed by atoms with Crippen LogP contribution in [0.3, 0.4) is 0 Å². The highest BCUT2D eigenvalue weighted by molar-refractivity contribution is 6.07. The van der Waals surface area contributed by atoms with E-state index in [-0.39, 0.29) is 54.3 Å². The molecule has 3 atom stereocenters. The lowest BCUT2D eigenvalue weighted by atomic mass is 9.80. The number of ether oxygens (including phenoxy) is 1. The topological polar surface area (TPSA) is 87.2 Å². The Hall–Kier alpha value is -3.82. The van der Waals surface area contributed by atoms with E-state index in [1.165, 1.54) is 12.1 Å². The summed E-state index contributed by atoms with van der Waals surface area (Å²) in [5.41, 5.74) is 2.50. The van der Waals surface area contributed by atoms with Crippen LogP contribution in [0.5, 0.6) is 5.75 Å². The highest BCUT2D eigenvalue weighted by Gasteiger charge is 2.51. The van der Waals surface area contributed by atoms with Gasteiger partial charge in [-0.2, -0.15) is 0 Å².